The molecule has 2 N–H and O–H groups in total. The highest BCUT2D eigenvalue weighted by atomic mass is 32.7. The van der Waals surface area contributed by atoms with E-state index in [2.05, 4.69) is 22.7 Å². The number of rotatable bonds is 13. The Bertz CT molecular complexity index is 2160. The first-order valence-corrected chi connectivity index (χ1v) is 20.5. The van der Waals surface area contributed by atoms with Gasteiger partial charge in [0.1, 0.15) is 11.2 Å². The van der Waals surface area contributed by atoms with Crippen LogP contribution in [0.15, 0.2) is 193 Å². The predicted molar refractivity (Wildman–Crippen MR) is 216 cm³/mol. The lowest BCUT2D eigenvalue weighted by molar-refractivity contribution is -0.107. The molecule has 0 amide bonds. The summed E-state index contributed by atoms with van der Waals surface area (Å²) in [6, 6.07) is 58.6. The van der Waals surface area contributed by atoms with Crippen molar-refractivity contribution in [3.05, 3.63) is 226 Å². The maximum atomic E-state index is 13.8. The molecule has 53 heavy (non-hydrogen) atoms. The van der Waals surface area contributed by atoms with Gasteiger partial charge in [-0.3, -0.25) is 9.36 Å². The minimum absolute atomic E-state index is 0.0528. The maximum Gasteiger partial charge on any atom is 0.323 e. The largest absolute Gasteiger partial charge is 0.374 e. The minimum Gasteiger partial charge on any atom is -0.374 e. The number of hydrogen-bond acceptors (Lipinski definition) is 7. The van der Waals surface area contributed by atoms with E-state index in [0.717, 1.165) is 33.4 Å². The van der Waals surface area contributed by atoms with Crippen molar-refractivity contribution in [1.29, 1.82) is 0 Å². The van der Waals surface area contributed by atoms with E-state index in [9.17, 15) is 14.3 Å². The highest BCUT2D eigenvalue weighted by molar-refractivity contribution is 8.52. The molecule has 1 aromatic heterocycles. The number of aromatic nitrogens is 1. The van der Waals surface area contributed by atoms with Gasteiger partial charge in [0.2, 0.25) is 5.60 Å². The first kappa shape index (κ1) is 35.8. The van der Waals surface area contributed by atoms with Gasteiger partial charge >= 0.3 is 6.57 Å². The Balaban J connectivity index is 1.39. The van der Waals surface area contributed by atoms with E-state index < -0.39 is 28.9 Å². The van der Waals surface area contributed by atoms with E-state index in [-0.39, 0.29) is 5.69 Å². The van der Waals surface area contributed by atoms with Crippen LogP contribution in [0.3, 0.4) is 0 Å². The van der Waals surface area contributed by atoms with Gasteiger partial charge < -0.3 is 15.0 Å². The van der Waals surface area contributed by atoms with E-state index in [1.165, 1.54) is 11.3 Å². The summed E-state index contributed by atoms with van der Waals surface area (Å²) in [5, 5.41) is 10.2. The van der Waals surface area contributed by atoms with Gasteiger partial charge in [-0.05, 0) is 16.7 Å². The second-order valence-corrected chi connectivity index (χ2v) is 16.1. The summed E-state index contributed by atoms with van der Waals surface area (Å²) < 4.78 is 12.9. The van der Waals surface area contributed by atoms with Crippen molar-refractivity contribution >= 4 is 46.5 Å². The van der Waals surface area contributed by atoms with Gasteiger partial charge in [0.15, 0.2) is 10.8 Å². The van der Waals surface area contributed by atoms with Crippen LogP contribution in [-0.2, 0) is 25.3 Å². The smallest absolute Gasteiger partial charge is 0.323 e. The predicted octanol–water partition coefficient (Wildman–Crippen LogP) is 9.90. The molecule has 10 heteroatoms. The summed E-state index contributed by atoms with van der Waals surface area (Å²) in [6.45, 7) is -4.66. The lowest BCUT2D eigenvalue weighted by Gasteiger charge is -2.36. The highest BCUT2D eigenvalue weighted by Gasteiger charge is 2.42. The van der Waals surface area contributed by atoms with Crippen LogP contribution in [0.5, 0.6) is 0 Å². The van der Waals surface area contributed by atoms with Gasteiger partial charge in [0, 0.05) is 22.1 Å². The molecule has 7 nitrogen and oxygen atoms in total. The molecular weight excluding hydrogens is 718 g/mol. The Kier molecular flexibility index (Phi) is 10.5. The van der Waals surface area contributed by atoms with Crippen LogP contribution in [0.1, 0.15) is 39.1 Å². The average molecular weight is 752 g/mol. The molecule has 0 aliphatic rings. The second kappa shape index (κ2) is 15.6. The number of oxime groups is 1. The Morgan fingerprint density at radius 2 is 0.962 bits per heavy atom. The quantitative estimate of drug-likeness (QED) is 0.0357. The molecule has 7 rings (SSSR count). The summed E-state index contributed by atoms with van der Waals surface area (Å²) in [4.78, 5) is 35.7. The number of nitrogens with one attached hydrogen (secondary N) is 1. The zero-order valence-electron chi connectivity index (χ0n) is 28.3. The Hall–Kier alpha value is -5.57. The topological polar surface area (TPSA) is 101 Å². The average Bonchev–Trinajstić information content (AvgIpc) is 3.68. The maximum absolute atomic E-state index is 13.8. The lowest BCUT2D eigenvalue weighted by atomic mass is 9.77. The van der Waals surface area contributed by atoms with Crippen molar-refractivity contribution in [2.45, 2.75) is 11.1 Å². The third kappa shape index (κ3) is 7.25. The van der Waals surface area contributed by atoms with Crippen LogP contribution < -0.4 is 5.32 Å². The van der Waals surface area contributed by atoms with Crippen LogP contribution >= 0.6 is 30.2 Å². The van der Waals surface area contributed by atoms with Crippen LogP contribution in [0.2, 0.25) is 0 Å². The number of benzene rings is 6. The normalized spacial score (nSPS) is 13.1. The van der Waals surface area contributed by atoms with Crippen molar-refractivity contribution in [3.63, 3.8) is 0 Å². The van der Waals surface area contributed by atoms with Gasteiger partial charge in [-0.15, -0.1) is 11.3 Å². The fraction of sp³-hybridized carbons (Fsp3) is 0.0465. The van der Waals surface area contributed by atoms with Crippen molar-refractivity contribution in [2.24, 2.45) is 5.16 Å². The molecule has 0 saturated heterocycles. The Morgan fingerprint density at radius 3 is 1.30 bits per heavy atom. The standard InChI is InChI=1S/C43H34N3O4PS2/c47-40(51(48,49)52)39(46-50-43(35-25-13-4-14-26-35,36-27-15-5-16-28-36)37-29-17-6-18-30-37)38-31-53-41(44-38)45-42(32-19-7-1-8-20-32,33-21-9-2-10-22-33)34-23-11-3-12-24-34/h1-31H,(H,44,45)(H2,48,49,52)/b46-39-. The lowest BCUT2D eigenvalue weighted by Crippen LogP contribution is -2.38. The molecule has 1 atom stereocenters. The van der Waals surface area contributed by atoms with Crippen molar-refractivity contribution in [2.75, 3.05) is 5.32 Å². The van der Waals surface area contributed by atoms with E-state index >= 15 is 0 Å². The van der Waals surface area contributed by atoms with Gasteiger partial charge in [-0.25, -0.2) is 4.98 Å². The fourth-order valence-corrected chi connectivity index (χ4v) is 7.97. The van der Waals surface area contributed by atoms with Crippen molar-refractivity contribution < 1.29 is 19.1 Å². The molecule has 0 fully saturated rings. The zero-order chi connectivity index (χ0) is 36.7. The number of carbonyl (C=O) groups excluding carboxylic acids is 1. The van der Waals surface area contributed by atoms with E-state index in [4.69, 9.17) is 9.82 Å². The number of anilines is 1. The van der Waals surface area contributed by atoms with E-state index in [1.54, 1.807) is 5.38 Å². The molecule has 0 radical (unpaired) electrons. The molecule has 262 valence electrons. The molecule has 1 heterocycles. The molecule has 6 aromatic carbocycles. The van der Waals surface area contributed by atoms with E-state index in [1.807, 2.05) is 182 Å². The molecule has 1 unspecified atom stereocenters. The van der Waals surface area contributed by atoms with Gasteiger partial charge in [0.05, 0.1) is 0 Å². The molecule has 0 aliphatic carbocycles. The summed E-state index contributed by atoms with van der Waals surface area (Å²) in [7, 11) is 0. The number of thiazole rings is 1. The third-order valence-corrected chi connectivity index (χ3v) is 11.0. The molecule has 0 bridgehead atoms. The Morgan fingerprint density at radius 1 is 0.623 bits per heavy atom. The molecule has 7 aromatic rings. The van der Waals surface area contributed by atoms with Crippen molar-refractivity contribution in [3.8, 4) is 0 Å². The first-order chi connectivity index (χ1) is 25.8. The molecule has 0 spiro atoms. The van der Waals surface area contributed by atoms with Gasteiger partial charge in [-0.1, -0.05) is 199 Å². The van der Waals surface area contributed by atoms with Crippen LogP contribution in [0.4, 0.5) is 5.13 Å². The van der Waals surface area contributed by atoms with Gasteiger partial charge in [0.25, 0.3) is 5.52 Å². The first-order valence-electron chi connectivity index (χ1n) is 16.8. The third-order valence-electron chi connectivity index (χ3n) is 8.94. The summed E-state index contributed by atoms with van der Waals surface area (Å²) in [5.41, 5.74) is 1.19. The fourth-order valence-electron chi connectivity index (χ4n) is 6.51. The Labute approximate surface area is 317 Å². The van der Waals surface area contributed by atoms with Crippen LogP contribution in [0, 0.1) is 0 Å². The number of thiol groups is 1. The molecule has 0 aliphatic heterocycles. The SMILES string of the molecule is O=C(/C(=N\OC(c1ccccc1)(c1ccccc1)c1ccccc1)c1csc(NC(c2ccccc2)(c2ccccc2)c2ccccc2)n1)P(=O)(O)S. The van der Waals surface area contributed by atoms with Crippen LogP contribution in [-0.4, -0.2) is 21.1 Å². The second-order valence-electron chi connectivity index (χ2n) is 12.2. The summed E-state index contributed by atoms with van der Waals surface area (Å²) in [5.74, 6) is 0. The zero-order valence-corrected chi connectivity index (χ0v) is 30.9. The van der Waals surface area contributed by atoms with Crippen LogP contribution in [0.25, 0.3) is 0 Å². The summed E-state index contributed by atoms with van der Waals surface area (Å²) in [6.07, 6.45) is 0. The number of hydrogen-bond donors (Lipinski definition) is 3. The monoisotopic (exact) mass is 751 g/mol. The molecular formula is C43H34N3O4PS2. The number of nitrogens with zero attached hydrogens (tertiary/aromatic N) is 2. The minimum atomic E-state index is -4.66. The van der Waals surface area contributed by atoms with E-state index in [0.29, 0.717) is 5.13 Å². The highest BCUT2D eigenvalue weighted by Crippen LogP contribution is 2.48. The number of carbonyl (C=O) groups is 1. The summed E-state index contributed by atoms with van der Waals surface area (Å²) >= 11 is 5.05. The van der Waals surface area contributed by atoms with Gasteiger partial charge in [-0.2, -0.15) is 0 Å². The molecule has 0 saturated carbocycles. The van der Waals surface area contributed by atoms with Crippen molar-refractivity contribution in [1.82, 2.24) is 4.98 Å².